The first-order chi connectivity index (χ1) is 18.6. The molecule has 2 aromatic heterocycles. The normalized spacial score (nSPS) is 11.4. The molecule has 4 rings (SSSR count). The lowest BCUT2D eigenvalue weighted by Gasteiger charge is -2.16. The molecule has 4 aromatic rings. The van der Waals surface area contributed by atoms with Gasteiger partial charge in [-0.1, -0.05) is 0 Å². The summed E-state index contributed by atoms with van der Waals surface area (Å²) >= 11 is 0. The molecule has 0 saturated carbocycles. The monoisotopic (exact) mass is 545 g/mol. The second kappa shape index (κ2) is 11.1. The highest BCUT2D eigenvalue weighted by Crippen LogP contribution is 2.37. The van der Waals surface area contributed by atoms with Gasteiger partial charge in [-0.05, 0) is 24.3 Å². The minimum absolute atomic E-state index is 0.00671. The Hall–Kier alpha value is -4.52. The summed E-state index contributed by atoms with van der Waals surface area (Å²) in [5.74, 6) is 0.725. The fraction of sp³-hybridized carbons (Fsp3) is 0.269. The molecule has 4 N–H and O–H groups in total. The van der Waals surface area contributed by atoms with E-state index in [1.54, 1.807) is 25.2 Å². The zero-order valence-electron chi connectivity index (χ0n) is 21.5. The van der Waals surface area contributed by atoms with Crippen LogP contribution in [0.1, 0.15) is 27.5 Å². The van der Waals surface area contributed by atoms with Gasteiger partial charge in [0.25, 0.3) is 5.91 Å². The number of nitrogens with two attached hydrogens (primary N) is 1. The zero-order valence-corrected chi connectivity index (χ0v) is 21.5. The van der Waals surface area contributed by atoms with Crippen molar-refractivity contribution in [2.75, 3.05) is 33.7 Å². The van der Waals surface area contributed by atoms with Crippen LogP contribution in [-0.4, -0.2) is 44.3 Å². The standard InChI is InChI=1S/C26H26F3N5O5/c1-31-17-9-13(36-2)10-19(38-4)16(17)12-32-24(35)23-20(11-30)39-25(34-23)15-5-7-18(37-3)22-14(15)6-8-21(33-22)26(27,28)29/h5-10,31H,11-12,30H2,1-4H3,(H,32,35). The highest BCUT2D eigenvalue weighted by molar-refractivity contribution is 5.98. The molecule has 2 aromatic carbocycles. The topological polar surface area (TPSA) is 134 Å². The number of alkyl halides is 3. The maximum atomic E-state index is 13.3. The summed E-state index contributed by atoms with van der Waals surface area (Å²) < 4.78 is 61.6. The molecule has 10 nitrogen and oxygen atoms in total. The largest absolute Gasteiger partial charge is 0.497 e. The molecule has 206 valence electrons. The number of anilines is 1. The number of pyridine rings is 1. The predicted octanol–water partition coefficient (Wildman–Crippen LogP) is 4.36. The van der Waals surface area contributed by atoms with Crippen LogP contribution in [0.15, 0.2) is 40.8 Å². The third-order valence-electron chi connectivity index (χ3n) is 5.99. The Balaban J connectivity index is 1.69. The van der Waals surface area contributed by atoms with Gasteiger partial charge in [0.2, 0.25) is 5.89 Å². The van der Waals surface area contributed by atoms with Crippen molar-refractivity contribution in [2.24, 2.45) is 5.73 Å². The van der Waals surface area contributed by atoms with E-state index in [0.717, 1.165) is 6.07 Å². The number of nitrogens with one attached hydrogen (secondary N) is 2. The van der Waals surface area contributed by atoms with E-state index >= 15 is 0 Å². The SMILES string of the molecule is CNc1cc(OC)cc(OC)c1CNC(=O)c1nc(-c2ccc(OC)c3nc(C(F)(F)F)ccc23)oc1CN. The van der Waals surface area contributed by atoms with Gasteiger partial charge >= 0.3 is 6.18 Å². The molecule has 0 aliphatic rings. The number of halogens is 3. The van der Waals surface area contributed by atoms with E-state index in [1.165, 1.54) is 33.5 Å². The first-order valence-electron chi connectivity index (χ1n) is 11.6. The summed E-state index contributed by atoms with van der Waals surface area (Å²) in [5.41, 5.74) is 6.32. The van der Waals surface area contributed by atoms with Crippen molar-refractivity contribution in [3.63, 3.8) is 0 Å². The van der Waals surface area contributed by atoms with Crippen LogP contribution in [-0.2, 0) is 19.3 Å². The minimum Gasteiger partial charge on any atom is -0.497 e. The Morgan fingerprint density at radius 3 is 2.38 bits per heavy atom. The summed E-state index contributed by atoms with van der Waals surface area (Å²) in [5, 5.41) is 6.12. The van der Waals surface area contributed by atoms with Gasteiger partial charge in [0.1, 0.15) is 28.5 Å². The van der Waals surface area contributed by atoms with Crippen molar-refractivity contribution in [1.82, 2.24) is 15.3 Å². The summed E-state index contributed by atoms with van der Waals surface area (Å²) in [6.07, 6.45) is -4.64. The summed E-state index contributed by atoms with van der Waals surface area (Å²) in [6.45, 7) is -0.0715. The second-order valence-corrected chi connectivity index (χ2v) is 8.19. The number of carbonyl (C=O) groups excluding carboxylic acids is 1. The number of aromatic nitrogens is 2. The molecule has 0 aliphatic carbocycles. The third kappa shape index (κ3) is 5.39. The number of methoxy groups -OCH3 is 3. The number of hydrogen-bond acceptors (Lipinski definition) is 9. The lowest BCUT2D eigenvalue weighted by Crippen LogP contribution is -2.25. The summed E-state index contributed by atoms with van der Waals surface area (Å²) in [6, 6.07) is 8.57. The van der Waals surface area contributed by atoms with E-state index in [2.05, 4.69) is 20.6 Å². The van der Waals surface area contributed by atoms with Gasteiger partial charge in [-0.2, -0.15) is 13.2 Å². The number of oxazole rings is 1. The highest BCUT2D eigenvalue weighted by Gasteiger charge is 2.33. The van der Waals surface area contributed by atoms with Crippen molar-refractivity contribution in [3.8, 4) is 28.7 Å². The molecule has 39 heavy (non-hydrogen) atoms. The number of carbonyl (C=O) groups is 1. The van der Waals surface area contributed by atoms with Gasteiger partial charge in [-0.15, -0.1) is 0 Å². The fourth-order valence-electron chi connectivity index (χ4n) is 4.06. The van der Waals surface area contributed by atoms with Crippen LogP contribution in [0.3, 0.4) is 0 Å². The number of fused-ring (bicyclic) bond motifs is 1. The molecule has 2 heterocycles. The van der Waals surface area contributed by atoms with Crippen LogP contribution < -0.4 is 30.6 Å². The van der Waals surface area contributed by atoms with Gasteiger partial charge in [0.15, 0.2) is 11.5 Å². The van der Waals surface area contributed by atoms with Crippen LogP contribution in [0.4, 0.5) is 18.9 Å². The van der Waals surface area contributed by atoms with E-state index in [0.29, 0.717) is 33.7 Å². The molecule has 0 atom stereocenters. The Morgan fingerprint density at radius 2 is 1.77 bits per heavy atom. The molecule has 0 radical (unpaired) electrons. The van der Waals surface area contributed by atoms with Crippen LogP contribution in [0.5, 0.6) is 17.2 Å². The molecule has 0 unspecified atom stereocenters. The quantitative estimate of drug-likeness (QED) is 0.280. The van der Waals surface area contributed by atoms with Crippen LogP contribution >= 0.6 is 0 Å². The predicted molar refractivity (Wildman–Crippen MR) is 137 cm³/mol. The van der Waals surface area contributed by atoms with Crippen LogP contribution in [0.25, 0.3) is 22.4 Å². The van der Waals surface area contributed by atoms with Crippen molar-refractivity contribution in [2.45, 2.75) is 19.3 Å². The number of amides is 1. The van der Waals surface area contributed by atoms with E-state index in [1.807, 2.05) is 0 Å². The van der Waals surface area contributed by atoms with E-state index in [-0.39, 0.29) is 41.7 Å². The number of hydrogen-bond donors (Lipinski definition) is 3. The fourth-order valence-corrected chi connectivity index (χ4v) is 4.06. The van der Waals surface area contributed by atoms with Gasteiger partial charge < -0.3 is 35.0 Å². The molecule has 13 heteroatoms. The number of nitrogens with zero attached hydrogens (tertiary/aromatic N) is 2. The number of rotatable bonds is 9. The Labute approximate surface area is 221 Å². The van der Waals surface area contributed by atoms with E-state index in [9.17, 15) is 18.0 Å². The van der Waals surface area contributed by atoms with E-state index in [4.69, 9.17) is 24.4 Å². The van der Waals surface area contributed by atoms with Gasteiger partial charge in [0.05, 0.1) is 27.9 Å². The average Bonchev–Trinajstić information content (AvgIpc) is 3.38. The van der Waals surface area contributed by atoms with E-state index < -0.39 is 17.8 Å². The molecule has 0 bridgehead atoms. The molecule has 0 spiro atoms. The third-order valence-corrected chi connectivity index (χ3v) is 5.99. The zero-order chi connectivity index (χ0) is 28.3. The Kier molecular flexibility index (Phi) is 7.81. The summed E-state index contributed by atoms with van der Waals surface area (Å²) in [4.78, 5) is 21.2. The van der Waals surface area contributed by atoms with Gasteiger partial charge in [0, 0.05) is 47.9 Å². The first kappa shape index (κ1) is 27.5. The Bertz CT molecular complexity index is 1500. The molecular formula is C26H26F3N5O5. The molecule has 0 aliphatic heterocycles. The smallest absolute Gasteiger partial charge is 0.433 e. The van der Waals surface area contributed by atoms with Gasteiger partial charge in [-0.25, -0.2) is 9.97 Å². The number of ether oxygens (including phenoxy) is 3. The maximum Gasteiger partial charge on any atom is 0.433 e. The van der Waals surface area contributed by atoms with Gasteiger partial charge in [-0.3, -0.25) is 4.79 Å². The van der Waals surface area contributed by atoms with Crippen molar-refractivity contribution in [1.29, 1.82) is 0 Å². The number of benzene rings is 2. The van der Waals surface area contributed by atoms with Crippen molar-refractivity contribution in [3.05, 3.63) is 59.1 Å². The first-order valence-corrected chi connectivity index (χ1v) is 11.6. The molecule has 1 amide bonds. The molecule has 0 saturated heterocycles. The Morgan fingerprint density at radius 1 is 1.03 bits per heavy atom. The lowest BCUT2D eigenvalue weighted by atomic mass is 10.1. The van der Waals surface area contributed by atoms with Crippen LogP contribution in [0.2, 0.25) is 0 Å². The second-order valence-electron chi connectivity index (χ2n) is 8.19. The van der Waals surface area contributed by atoms with Crippen molar-refractivity contribution < 1.29 is 36.6 Å². The minimum atomic E-state index is -4.64. The highest BCUT2D eigenvalue weighted by atomic mass is 19.4. The molecular weight excluding hydrogens is 519 g/mol. The maximum absolute atomic E-state index is 13.3. The van der Waals surface area contributed by atoms with Crippen LogP contribution in [0, 0.1) is 0 Å². The average molecular weight is 546 g/mol. The molecule has 0 fully saturated rings. The summed E-state index contributed by atoms with van der Waals surface area (Å²) in [7, 11) is 6.08. The van der Waals surface area contributed by atoms with Crippen molar-refractivity contribution >= 4 is 22.5 Å². The lowest BCUT2D eigenvalue weighted by molar-refractivity contribution is -0.140.